The van der Waals surface area contributed by atoms with Gasteiger partial charge in [0.1, 0.15) is 12.1 Å². The van der Waals surface area contributed by atoms with Gasteiger partial charge in [0.25, 0.3) is 0 Å². The van der Waals surface area contributed by atoms with E-state index in [0.717, 1.165) is 69.8 Å². The summed E-state index contributed by atoms with van der Waals surface area (Å²) < 4.78 is 12.0. The summed E-state index contributed by atoms with van der Waals surface area (Å²) in [5.74, 6) is 0.113. The molecule has 1 aromatic carbocycles. The van der Waals surface area contributed by atoms with E-state index in [4.69, 9.17) is 15.2 Å². The van der Waals surface area contributed by atoms with Gasteiger partial charge in [-0.25, -0.2) is 0 Å². The molecular formula is C40H59NO5. The number of hydrogen-bond donors (Lipinski definition) is 2. The van der Waals surface area contributed by atoms with Crippen LogP contribution < -0.4 is 5.73 Å². The van der Waals surface area contributed by atoms with Gasteiger partial charge in [-0.15, -0.1) is 0 Å². The zero-order valence-corrected chi connectivity index (χ0v) is 29.5. The Kier molecular flexibility index (Phi) is 8.40. The van der Waals surface area contributed by atoms with Gasteiger partial charge in [-0.05, 0) is 109 Å². The molecular weight excluding hydrogens is 574 g/mol. The largest absolute Gasteiger partial charge is 0.481 e. The number of ether oxygens (including phenoxy) is 2. The minimum Gasteiger partial charge on any atom is -0.481 e. The first-order valence-corrected chi connectivity index (χ1v) is 18.0. The number of rotatable bonds is 7. The summed E-state index contributed by atoms with van der Waals surface area (Å²) in [6.45, 7) is 17.4. The zero-order chi connectivity index (χ0) is 33.3. The Hall–Kier alpha value is -2.18. The van der Waals surface area contributed by atoms with Crippen LogP contribution in [0.5, 0.6) is 0 Å². The van der Waals surface area contributed by atoms with Crippen LogP contribution in [-0.2, 0) is 25.7 Å². The number of allylic oxidation sites excluding steroid dienone is 2. The van der Waals surface area contributed by atoms with Crippen molar-refractivity contribution in [1.29, 1.82) is 0 Å². The van der Waals surface area contributed by atoms with Gasteiger partial charge in [-0.3, -0.25) is 9.59 Å². The van der Waals surface area contributed by atoms with Crippen molar-refractivity contribution in [2.45, 2.75) is 131 Å². The van der Waals surface area contributed by atoms with Crippen molar-refractivity contribution in [2.24, 2.45) is 56.0 Å². The monoisotopic (exact) mass is 633 g/mol. The first-order chi connectivity index (χ1) is 21.5. The van der Waals surface area contributed by atoms with Gasteiger partial charge in [-0.2, -0.15) is 0 Å². The molecule has 6 heteroatoms. The van der Waals surface area contributed by atoms with Crippen molar-refractivity contribution in [2.75, 3.05) is 6.61 Å². The predicted octanol–water partition coefficient (Wildman–Crippen LogP) is 8.33. The van der Waals surface area contributed by atoms with Crippen molar-refractivity contribution >= 4 is 11.9 Å². The Morgan fingerprint density at radius 3 is 2.30 bits per heavy atom. The number of carbonyl (C=O) groups is 2. The van der Waals surface area contributed by atoms with Crippen molar-refractivity contribution < 1.29 is 24.2 Å². The lowest BCUT2D eigenvalue weighted by Crippen LogP contribution is -2.65. The maximum atomic E-state index is 13.2. The Morgan fingerprint density at radius 1 is 0.913 bits per heavy atom. The molecule has 254 valence electrons. The van der Waals surface area contributed by atoms with Crippen LogP contribution in [0, 0.1) is 50.2 Å². The maximum Gasteiger partial charge on any atom is 0.325 e. The number of esters is 1. The van der Waals surface area contributed by atoms with E-state index in [0.29, 0.717) is 18.4 Å². The summed E-state index contributed by atoms with van der Waals surface area (Å²) in [5.41, 5.74) is 8.39. The van der Waals surface area contributed by atoms with Crippen LogP contribution in [0.15, 0.2) is 42.0 Å². The lowest BCUT2D eigenvalue weighted by Gasteiger charge is -2.71. The highest BCUT2D eigenvalue weighted by Crippen LogP contribution is 2.75. The van der Waals surface area contributed by atoms with E-state index in [2.05, 4.69) is 54.5 Å². The Morgan fingerprint density at radius 2 is 1.61 bits per heavy atom. The van der Waals surface area contributed by atoms with Crippen molar-refractivity contribution in [1.82, 2.24) is 0 Å². The van der Waals surface area contributed by atoms with Crippen molar-refractivity contribution in [3.05, 3.63) is 47.5 Å². The minimum atomic E-state index is -0.807. The van der Waals surface area contributed by atoms with Crippen LogP contribution in [0.4, 0.5) is 0 Å². The third-order valence-electron chi connectivity index (χ3n) is 15.0. The summed E-state index contributed by atoms with van der Waals surface area (Å²) in [6.07, 6.45) is 12.0. The van der Waals surface area contributed by atoms with Crippen LogP contribution >= 0.6 is 0 Å². The number of carbonyl (C=O) groups excluding carboxylic acids is 1. The molecule has 0 amide bonds. The van der Waals surface area contributed by atoms with E-state index in [1.807, 2.05) is 30.3 Å². The van der Waals surface area contributed by atoms with Crippen molar-refractivity contribution in [3.8, 4) is 0 Å². The molecule has 6 nitrogen and oxygen atoms in total. The molecule has 4 saturated carbocycles. The Labute approximate surface area is 277 Å². The molecule has 46 heavy (non-hydrogen) atoms. The molecule has 0 bridgehead atoms. The number of hydrogen-bond acceptors (Lipinski definition) is 5. The molecule has 5 aliphatic rings. The van der Waals surface area contributed by atoms with Crippen LogP contribution in [-0.4, -0.2) is 35.8 Å². The minimum absolute atomic E-state index is 0.000904. The SMILES string of the molecule is CC1(C)CC[C@]2(C(=O)O)CC[C@]3(C)C(=CC[C@@H]4[C@@]5(C)CC[C@H](OC(=O)[C@@H](N)COCc6ccccc6)C(C)(C)[C@@H]5CC[C@]43C)[C@@H]2C1. The number of nitrogens with two attached hydrogens (primary N) is 1. The third kappa shape index (κ3) is 5.11. The summed E-state index contributed by atoms with van der Waals surface area (Å²) in [6, 6.07) is 9.10. The molecule has 0 aliphatic heterocycles. The van der Waals surface area contributed by atoms with E-state index in [1.54, 1.807) is 0 Å². The van der Waals surface area contributed by atoms with Gasteiger partial charge < -0.3 is 20.3 Å². The fourth-order valence-electron chi connectivity index (χ4n) is 12.0. The smallest absolute Gasteiger partial charge is 0.325 e. The highest BCUT2D eigenvalue weighted by Gasteiger charge is 2.69. The van der Waals surface area contributed by atoms with Gasteiger partial charge in [0.15, 0.2) is 0 Å². The summed E-state index contributed by atoms with van der Waals surface area (Å²) >= 11 is 0. The lowest BCUT2D eigenvalue weighted by molar-refractivity contribution is -0.214. The molecule has 6 rings (SSSR count). The summed E-state index contributed by atoms with van der Waals surface area (Å²) in [7, 11) is 0. The number of aliphatic carboxylic acids is 1. The number of carboxylic acids is 1. The fraction of sp³-hybridized carbons (Fsp3) is 0.750. The molecule has 1 aromatic rings. The van der Waals surface area contributed by atoms with Gasteiger partial charge in [0.05, 0.1) is 18.6 Å². The fourth-order valence-corrected chi connectivity index (χ4v) is 12.0. The molecule has 9 atom stereocenters. The molecule has 0 aromatic heterocycles. The van der Waals surface area contributed by atoms with E-state index >= 15 is 0 Å². The average molecular weight is 634 g/mol. The normalized spacial score (nSPS) is 41.4. The first kappa shape index (κ1) is 33.7. The highest BCUT2D eigenvalue weighted by atomic mass is 16.5. The predicted molar refractivity (Wildman–Crippen MR) is 181 cm³/mol. The maximum absolute atomic E-state index is 13.2. The Balaban J connectivity index is 1.20. The number of carboxylic acid groups (broad SMARTS) is 1. The second-order valence-electron chi connectivity index (χ2n) is 18.1. The van der Waals surface area contributed by atoms with Gasteiger partial charge in [-0.1, -0.05) is 90.4 Å². The van der Waals surface area contributed by atoms with Gasteiger partial charge in [0.2, 0.25) is 0 Å². The molecule has 3 N–H and O–H groups in total. The second kappa shape index (κ2) is 11.5. The standard InChI is InChI=1S/C40H59NO5/c1-35(2)19-21-40(34(43)44)22-20-38(6)27(28(40)23-35)13-14-31-37(5)17-16-32(36(3,4)30(37)15-18-39(31,38)7)46-33(42)29(41)25-45-24-26-11-9-8-10-12-26/h8-13,28-32H,14-25,41H2,1-7H3,(H,43,44)/t28-,29-,30-,31+,32-,37-,38+,39+,40-/m0/s1. The average Bonchev–Trinajstić information content (AvgIpc) is 2.99. The number of fused-ring (bicyclic) bond motifs is 7. The highest BCUT2D eigenvalue weighted by molar-refractivity contribution is 5.77. The van der Waals surface area contributed by atoms with Gasteiger partial charge in [0, 0.05) is 5.41 Å². The quantitative estimate of drug-likeness (QED) is 0.231. The van der Waals surface area contributed by atoms with Gasteiger partial charge >= 0.3 is 11.9 Å². The summed E-state index contributed by atoms with van der Waals surface area (Å²) in [4.78, 5) is 26.2. The second-order valence-corrected chi connectivity index (χ2v) is 18.1. The van der Waals surface area contributed by atoms with Crippen LogP contribution in [0.3, 0.4) is 0 Å². The van der Waals surface area contributed by atoms with E-state index < -0.39 is 17.4 Å². The van der Waals surface area contributed by atoms with Crippen LogP contribution in [0.25, 0.3) is 0 Å². The molecule has 0 spiro atoms. The molecule has 5 aliphatic carbocycles. The molecule has 0 heterocycles. The molecule has 4 fully saturated rings. The molecule has 0 unspecified atom stereocenters. The third-order valence-corrected chi connectivity index (χ3v) is 15.0. The van der Waals surface area contributed by atoms with Crippen LogP contribution in [0.1, 0.15) is 118 Å². The Bertz CT molecular complexity index is 1370. The molecule has 0 radical (unpaired) electrons. The summed E-state index contributed by atoms with van der Waals surface area (Å²) in [5, 5.41) is 10.7. The van der Waals surface area contributed by atoms with E-state index in [1.165, 1.54) is 5.57 Å². The van der Waals surface area contributed by atoms with E-state index in [9.17, 15) is 14.7 Å². The topological polar surface area (TPSA) is 98.9 Å². The lowest BCUT2D eigenvalue weighted by atomic mass is 9.33. The van der Waals surface area contributed by atoms with Crippen molar-refractivity contribution in [3.63, 3.8) is 0 Å². The van der Waals surface area contributed by atoms with E-state index in [-0.39, 0.29) is 51.7 Å². The number of benzene rings is 1. The first-order valence-electron chi connectivity index (χ1n) is 18.0. The zero-order valence-electron chi connectivity index (χ0n) is 29.5. The molecule has 0 saturated heterocycles. The van der Waals surface area contributed by atoms with Crippen LogP contribution in [0.2, 0.25) is 0 Å².